The zero-order valence-electron chi connectivity index (χ0n) is 10.9. The van der Waals surface area contributed by atoms with E-state index in [9.17, 15) is 18.1 Å². The van der Waals surface area contributed by atoms with Crippen LogP contribution in [0.5, 0.6) is 0 Å². The van der Waals surface area contributed by atoms with Gasteiger partial charge in [0, 0.05) is 28.9 Å². The summed E-state index contributed by atoms with van der Waals surface area (Å²) < 4.78 is 35.4. The van der Waals surface area contributed by atoms with E-state index < -0.39 is 21.3 Å². The number of benzene rings is 1. The molecule has 0 bridgehead atoms. The average Bonchev–Trinajstić information content (AvgIpc) is 2.74. The van der Waals surface area contributed by atoms with Gasteiger partial charge in [-0.2, -0.15) is 0 Å². The molecule has 0 aliphatic carbocycles. The van der Waals surface area contributed by atoms with Gasteiger partial charge in [0.15, 0.2) is 0 Å². The highest BCUT2D eigenvalue weighted by molar-refractivity contribution is 7.85. The van der Waals surface area contributed by atoms with Crippen LogP contribution in [-0.4, -0.2) is 35.0 Å². The van der Waals surface area contributed by atoms with Crippen molar-refractivity contribution in [2.75, 3.05) is 12.4 Å². The molecule has 2 heterocycles. The number of aryl methyl sites for hydroxylation is 1. The summed E-state index contributed by atoms with van der Waals surface area (Å²) in [7, 11) is -4.35. The van der Waals surface area contributed by atoms with Crippen LogP contribution < -0.4 is 0 Å². The highest BCUT2D eigenvalue weighted by Crippen LogP contribution is 2.36. The number of hydrogen-bond acceptors (Lipinski definition) is 4. The van der Waals surface area contributed by atoms with Gasteiger partial charge in [0.2, 0.25) is 0 Å². The standard InChI is InChI=1S/C14H17NO4S/c16-9-14(10-20(17,18)19)5-6-15-12(8-14)7-11-3-1-2-4-13(11)15/h1-4,7,16H,5-6,8-10H2,(H,17,18,19)/p-1. The Kier molecular flexibility index (Phi) is 3.12. The maximum atomic E-state index is 11.1. The van der Waals surface area contributed by atoms with Gasteiger partial charge in [0.05, 0.1) is 16.7 Å². The number of hydrogen-bond donors (Lipinski definition) is 1. The Labute approximate surface area is 117 Å². The van der Waals surface area contributed by atoms with Crippen LogP contribution in [0, 0.1) is 5.41 Å². The second-order valence-corrected chi connectivity index (χ2v) is 7.04. The molecule has 3 rings (SSSR count). The molecule has 0 spiro atoms. The van der Waals surface area contributed by atoms with E-state index in [0.29, 0.717) is 19.4 Å². The van der Waals surface area contributed by atoms with Crippen LogP contribution in [0.3, 0.4) is 0 Å². The molecule has 1 aliphatic heterocycles. The Morgan fingerprint density at radius 3 is 2.80 bits per heavy atom. The number of rotatable bonds is 3. The van der Waals surface area contributed by atoms with E-state index in [4.69, 9.17) is 0 Å². The van der Waals surface area contributed by atoms with E-state index in [1.165, 1.54) is 0 Å². The summed E-state index contributed by atoms with van der Waals surface area (Å²) in [6.07, 6.45) is 0.913. The number of fused-ring (bicyclic) bond motifs is 3. The first-order chi connectivity index (χ1) is 9.42. The van der Waals surface area contributed by atoms with Crippen molar-refractivity contribution < 1.29 is 18.1 Å². The first kappa shape index (κ1) is 13.6. The quantitative estimate of drug-likeness (QED) is 0.860. The molecular weight excluding hydrogens is 278 g/mol. The Morgan fingerprint density at radius 2 is 2.10 bits per heavy atom. The van der Waals surface area contributed by atoms with Gasteiger partial charge in [0.1, 0.15) is 0 Å². The number of para-hydroxylation sites is 1. The molecule has 0 amide bonds. The number of aliphatic hydroxyl groups excluding tert-OH is 1. The van der Waals surface area contributed by atoms with E-state index in [1.54, 1.807) is 0 Å². The maximum absolute atomic E-state index is 11.1. The summed E-state index contributed by atoms with van der Waals surface area (Å²) in [4.78, 5) is 0. The SMILES string of the molecule is O=S(=O)([O-])CC1(CO)CCn2c(cc3ccccc32)C1. The van der Waals surface area contributed by atoms with Crippen molar-refractivity contribution in [1.29, 1.82) is 0 Å². The van der Waals surface area contributed by atoms with Crippen molar-refractivity contribution in [1.82, 2.24) is 4.57 Å². The average molecular weight is 294 g/mol. The Morgan fingerprint density at radius 1 is 1.35 bits per heavy atom. The van der Waals surface area contributed by atoms with Crippen molar-refractivity contribution in [2.24, 2.45) is 5.41 Å². The van der Waals surface area contributed by atoms with E-state index in [-0.39, 0.29) is 6.61 Å². The van der Waals surface area contributed by atoms with Crippen molar-refractivity contribution >= 4 is 21.0 Å². The van der Waals surface area contributed by atoms with Crippen LogP contribution in [0.4, 0.5) is 0 Å². The Hall–Kier alpha value is -1.37. The molecule has 1 aromatic heterocycles. The molecule has 108 valence electrons. The first-order valence-electron chi connectivity index (χ1n) is 6.54. The second kappa shape index (κ2) is 4.58. The van der Waals surface area contributed by atoms with Crippen LogP contribution in [0.2, 0.25) is 0 Å². The van der Waals surface area contributed by atoms with Crippen LogP contribution in [0.15, 0.2) is 30.3 Å². The topological polar surface area (TPSA) is 82.4 Å². The van der Waals surface area contributed by atoms with Gasteiger partial charge in [-0.05, 0) is 30.4 Å². The maximum Gasteiger partial charge on any atom is 0.0952 e. The molecular formula is C14H16NO4S-. The van der Waals surface area contributed by atoms with Crippen molar-refractivity contribution in [3.8, 4) is 0 Å². The van der Waals surface area contributed by atoms with Crippen molar-refractivity contribution in [3.63, 3.8) is 0 Å². The van der Waals surface area contributed by atoms with Crippen LogP contribution in [0.25, 0.3) is 10.9 Å². The molecule has 5 nitrogen and oxygen atoms in total. The summed E-state index contributed by atoms with van der Waals surface area (Å²) in [6.45, 7) is 0.342. The summed E-state index contributed by atoms with van der Waals surface area (Å²) in [5.41, 5.74) is 1.25. The van der Waals surface area contributed by atoms with E-state index in [2.05, 4.69) is 4.57 Å². The highest BCUT2D eigenvalue weighted by Gasteiger charge is 2.36. The summed E-state index contributed by atoms with van der Waals surface area (Å²) in [5, 5.41) is 10.7. The number of nitrogens with zero attached hydrogens (tertiary/aromatic N) is 1. The fraction of sp³-hybridized carbons (Fsp3) is 0.429. The third-order valence-corrected chi connectivity index (χ3v) is 5.10. The third-order valence-electron chi connectivity index (χ3n) is 4.14. The molecule has 6 heteroatoms. The van der Waals surface area contributed by atoms with Crippen LogP contribution in [0.1, 0.15) is 12.1 Å². The van der Waals surface area contributed by atoms with Gasteiger partial charge >= 0.3 is 0 Å². The fourth-order valence-electron chi connectivity index (χ4n) is 3.18. The smallest absolute Gasteiger partial charge is 0.0952 e. The largest absolute Gasteiger partial charge is 0.748 e. The summed E-state index contributed by atoms with van der Waals surface area (Å²) in [6, 6.07) is 9.96. The monoisotopic (exact) mass is 294 g/mol. The van der Waals surface area contributed by atoms with Crippen molar-refractivity contribution in [3.05, 3.63) is 36.0 Å². The van der Waals surface area contributed by atoms with E-state index >= 15 is 0 Å². The number of aliphatic hydroxyl groups is 1. The molecule has 2 aromatic rings. The predicted molar refractivity (Wildman–Crippen MR) is 74.3 cm³/mol. The third kappa shape index (κ3) is 2.34. The molecule has 0 saturated carbocycles. The lowest BCUT2D eigenvalue weighted by molar-refractivity contribution is 0.115. The summed E-state index contributed by atoms with van der Waals surface area (Å²) >= 11 is 0. The molecule has 1 aromatic carbocycles. The molecule has 20 heavy (non-hydrogen) atoms. The molecule has 1 unspecified atom stereocenters. The minimum Gasteiger partial charge on any atom is -0.748 e. The van der Waals surface area contributed by atoms with Crippen molar-refractivity contribution in [2.45, 2.75) is 19.4 Å². The fourth-order valence-corrected chi connectivity index (χ4v) is 4.27. The van der Waals surface area contributed by atoms with Gasteiger partial charge in [-0.25, -0.2) is 8.42 Å². The Balaban J connectivity index is 2.02. The second-order valence-electron chi connectivity index (χ2n) is 5.63. The first-order valence-corrected chi connectivity index (χ1v) is 8.12. The zero-order chi connectivity index (χ0) is 14.4. The minimum atomic E-state index is -4.35. The molecule has 0 saturated heterocycles. The summed E-state index contributed by atoms with van der Waals surface area (Å²) in [5.74, 6) is -0.502. The lowest BCUT2D eigenvalue weighted by atomic mass is 9.80. The molecule has 0 fully saturated rings. The van der Waals surface area contributed by atoms with Crippen LogP contribution >= 0.6 is 0 Å². The Bertz CT molecular complexity index is 750. The molecule has 1 N–H and O–H groups in total. The molecule has 1 atom stereocenters. The molecule has 1 aliphatic rings. The predicted octanol–water partition coefficient (Wildman–Crippen LogP) is 1.11. The van der Waals surface area contributed by atoms with E-state index in [0.717, 1.165) is 16.6 Å². The lowest BCUT2D eigenvalue weighted by Crippen LogP contribution is -2.40. The highest BCUT2D eigenvalue weighted by atomic mass is 32.2. The lowest BCUT2D eigenvalue weighted by Gasteiger charge is -2.37. The molecule has 0 radical (unpaired) electrons. The number of aromatic nitrogens is 1. The minimum absolute atomic E-state index is 0.282. The van der Waals surface area contributed by atoms with Gasteiger partial charge < -0.3 is 14.2 Å². The van der Waals surface area contributed by atoms with Crippen LogP contribution in [-0.2, 0) is 23.1 Å². The van der Waals surface area contributed by atoms with E-state index in [1.807, 2.05) is 30.3 Å². The zero-order valence-corrected chi connectivity index (χ0v) is 11.8. The van der Waals surface area contributed by atoms with Gasteiger partial charge in [-0.1, -0.05) is 18.2 Å². The van der Waals surface area contributed by atoms with Gasteiger partial charge in [0.25, 0.3) is 0 Å². The van der Waals surface area contributed by atoms with Gasteiger partial charge in [-0.15, -0.1) is 0 Å². The normalized spacial score (nSPS) is 22.9. The van der Waals surface area contributed by atoms with Gasteiger partial charge in [-0.3, -0.25) is 0 Å².